The maximum Gasteiger partial charge on any atom is 0.0626 e. The van der Waals surface area contributed by atoms with Crippen LogP contribution >= 0.6 is 0 Å². The number of rotatable bonds is 2. The number of hydrogen-bond acceptors (Lipinski definition) is 2. The van der Waals surface area contributed by atoms with Gasteiger partial charge in [-0.3, -0.25) is 0 Å². The average molecular weight is 271 g/mol. The number of fused-ring (bicyclic) bond motifs is 1. The van der Waals surface area contributed by atoms with Gasteiger partial charge in [0.05, 0.1) is 11.2 Å². The van der Waals surface area contributed by atoms with Crippen molar-refractivity contribution in [3.05, 3.63) is 30.0 Å². The summed E-state index contributed by atoms with van der Waals surface area (Å²) in [7, 11) is 4.36. The van der Waals surface area contributed by atoms with E-state index in [1.807, 2.05) is 0 Å². The van der Waals surface area contributed by atoms with Crippen LogP contribution in [0.2, 0.25) is 0 Å². The number of aryl methyl sites for hydroxylation is 1. The number of nitrogens with zero attached hydrogens (tertiary/aromatic N) is 3. The fourth-order valence-corrected chi connectivity index (χ4v) is 3.04. The number of hydrogen-bond donors (Lipinski definition) is 0. The molecule has 0 aliphatic carbocycles. The second-order valence-corrected chi connectivity index (χ2v) is 6.35. The van der Waals surface area contributed by atoms with Gasteiger partial charge in [0, 0.05) is 44.8 Å². The maximum absolute atomic E-state index is 2.53. The lowest BCUT2D eigenvalue weighted by atomic mass is 10.0. The molecule has 3 rings (SSSR count). The van der Waals surface area contributed by atoms with E-state index in [0.717, 1.165) is 26.2 Å². The van der Waals surface area contributed by atoms with Crippen LogP contribution in [0, 0.1) is 0 Å². The highest BCUT2D eigenvalue weighted by atomic mass is 15.3. The lowest BCUT2D eigenvalue weighted by Gasteiger charge is -2.33. The van der Waals surface area contributed by atoms with E-state index >= 15 is 0 Å². The highest BCUT2D eigenvalue weighted by molar-refractivity contribution is 5.94. The SMILES string of the molecule is CC(C)c1ccc2c(N3CCN(C)CC3)cn(C)c2c1. The van der Waals surface area contributed by atoms with E-state index in [9.17, 15) is 0 Å². The van der Waals surface area contributed by atoms with Crippen molar-refractivity contribution in [1.29, 1.82) is 0 Å². The molecule has 3 heteroatoms. The van der Waals surface area contributed by atoms with Gasteiger partial charge in [-0.2, -0.15) is 0 Å². The van der Waals surface area contributed by atoms with E-state index < -0.39 is 0 Å². The Labute approximate surface area is 121 Å². The average Bonchev–Trinajstić information content (AvgIpc) is 2.76. The summed E-state index contributed by atoms with van der Waals surface area (Å²) in [4.78, 5) is 4.93. The Balaban J connectivity index is 2.00. The van der Waals surface area contributed by atoms with E-state index in [-0.39, 0.29) is 0 Å². The molecule has 1 saturated heterocycles. The van der Waals surface area contributed by atoms with E-state index in [4.69, 9.17) is 0 Å². The Morgan fingerprint density at radius 1 is 1.00 bits per heavy atom. The van der Waals surface area contributed by atoms with Crippen molar-refractivity contribution >= 4 is 16.6 Å². The molecule has 3 nitrogen and oxygen atoms in total. The molecule has 0 bridgehead atoms. The third-order valence-corrected chi connectivity index (χ3v) is 4.50. The summed E-state index contributed by atoms with van der Waals surface area (Å²) >= 11 is 0. The monoisotopic (exact) mass is 271 g/mol. The van der Waals surface area contributed by atoms with Crippen molar-refractivity contribution in [2.45, 2.75) is 19.8 Å². The molecule has 108 valence electrons. The number of benzene rings is 1. The van der Waals surface area contributed by atoms with Crippen molar-refractivity contribution in [3.63, 3.8) is 0 Å². The van der Waals surface area contributed by atoms with Gasteiger partial charge in [-0.05, 0) is 24.6 Å². The van der Waals surface area contributed by atoms with Crippen LogP contribution in [-0.2, 0) is 7.05 Å². The van der Waals surface area contributed by atoms with Gasteiger partial charge >= 0.3 is 0 Å². The van der Waals surface area contributed by atoms with Crippen LogP contribution in [0.1, 0.15) is 25.3 Å². The van der Waals surface area contributed by atoms with Gasteiger partial charge in [0.2, 0.25) is 0 Å². The molecule has 1 aliphatic rings. The van der Waals surface area contributed by atoms with Crippen molar-refractivity contribution in [2.24, 2.45) is 7.05 Å². The molecule has 0 atom stereocenters. The minimum absolute atomic E-state index is 0.585. The van der Waals surface area contributed by atoms with E-state index in [1.165, 1.54) is 22.2 Å². The van der Waals surface area contributed by atoms with Crippen molar-refractivity contribution in [1.82, 2.24) is 9.47 Å². The van der Waals surface area contributed by atoms with Crippen molar-refractivity contribution < 1.29 is 0 Å². The molecule has 20 heavy (non-hydrogen) atoms. The molecule has 2 heterocycles. The summed E-state index contributed by atoms with van der Waals surface area (Å²) in [5.41, 5.74) is 4.17. The van der Waals surface area contributed by atoms with Gasteiger partial charge in [0.15, 0.2) is 0 Å². The molecule has 0 N–H and O–H groups in total. The summed E-state index contributed by atoms with van der Waals surface area (Å²) in [5.74, 6) is 0.585. The first-order valence-corrected chi connectivity index (χ1v) is 7.58. The molecule has 1 fully saturated rings. The van der Waals surface area contributed by atoms with Crippen LogP contribution in [0.25, 0.3) is 10.9 Å². The Kier molecular flexibility index (Phi) is 3.47. The number of aromatic nitrogens is 1. The Morgan fingerprint density at radius 2 is 1.70 bits per heavy atom. The zero-order valence-electron chi connectivity index (χ0n) is 13.1. The lowest BCUT2D eigenvalue weighted by molar-refractivity contribution is 0.313. The summed E-state index contributed by atoms with van der Waals surface area (Å²) in [5, 5.41) is 1.39. The molecule has 0 saturated carbocycles. The summed E-state index contributed by atoms with van der Waals surface area (Å²) in [6.07, 6.45) is 2.29. The van der Waals surface area contributed by atoms with Crippen molar-refractivity contribution in [3.8, 4) is 0 Å². The molecule has 0 unspecified atom stereocenters. The predicted molar refractivity (Wildman–Crippen MR) is 86.7 cm³/mol. The van der Waals surface area contributed by atoms with Gasteiger partial charge < -0.3 is 14.4 Å². The molecule has 0 spiro atoms. The lowest BCUT2D eigenvalue weighted by Crippen LogP contribution is -2.44. The molecule has 1 aromatic carbocycles. The normalized spacial score (nSPS) is 17.4. The first-order chi connectivity index (χ1) is 9.56. The predicted octanol–water partition coefficient (Wildman–Crippen LogP) is 3.05. The van der Waals surface area contributed by atoms with E-state index in [0.29, 0.717) is 5.92 Å². The fourth-order valence-electron chi connectivity index (χ4n) is 3.04. The van der Waals surface area contributed by atoms with Crippen LogP contribution in [0.5, 0.6) is 0 Å². The second-order valence-electron chi connectivity index (χ2n) is 6.35. The van der Waals surface area contributed by atoms with Gasteiger partial charge in [0.25, 0.3) is 0 Å². The molecule has 0 radical (unpaired) electrons. The van der Waals surface area contributed by atoms with Gasteiger partial charge in [0.1, 0.15) is 0 Å². The van der Waals surface area contributed by atoms with Crippen LogP contribution in [-0.4, -0.2) is 42.7 Å². The Morgan fingerprint density at radius 3 is 2.35 bits per heavy atom. The first-order valence-electron chi connectivity index (χ1n) is 7.58. The highest BCUT2D eigenvalue weighted by Gasteiger charge is 2.18. The van der Waals surface area contributed by atoms with Crippen LogP contribution < -0.4 is 4.90 Å². The second kappa shape index (κ2) is 5.13. The third kappa shape index (κ3) is 2.31. The minimum Gasteiger partial charge on any atom is -0.367 e. The standard InChI is InChI=1S/C17H25N3/c1-13(2)14-5-6-15-16(11-14)19(4)12-17(15)20-9-7-18(3)8-10-20/h5-6,11-13H,7-10H2,1-4H3. The van der Waals surface area contributed by atoms with Gasteiger partial charge in [-0.1, -0.05) is 26.0 Å². The summed E-state index contributed by atoms with van der Waals surface area (Å²) < 4.78 is 2.27. The molecule has 1 aromatic heterocycles. The molecule has 0 amide bonds. The summed E-state index contributed by atoms with van der Waals surface area (Å²) in [6, 6.07) is 6.93. The zero-order chi connectivity index (χ0) is 14.3. The number of likely N-dealkylation sites (N-methyl/N-ethyl adjacent to an activating group) is 1. The number of piperazine rings is 1. The first kappa shape index (κ1) is 13.5. The smallest absolute Gasteiger partial charge is 0.0626 e. The van der Waals surface area contributed by atoms with Crippen LogP contribution in [0.3, 0.4) is 0 Å². The molecule has 2 aromatic rings. The van der Waals surface area contributed by atoms with Crippen LogP contribution in [0.4, 0.5) is 5.69 Å². The van der Waals surface area contributed by atoms with E-state index in [1.54, 1.807) is 0 Å². The quantitative estimate of drug-likeness (QED) is 0.831. The zero-order valence-corrected chi connectivity index (χ0v) is 13.1. The molecule has 1 aliphatic heterocycles. The molecular formula is C17H25N3. The van der Waals surface area contributed by atoms with Crippen LogP contribution in [0.15, 0.2) is 24.4 Å². The van der Waals surface area contributed by atoms with Gasteiger partial charge in [-0.25, -0.2) is 0 Å². The molecular weight excluding hydrogens is 246 g/mol. The summed E-state index contributed by atoms with van der Waals surface area (Å²) in [6.45, 7) is 9.07. The largest absolute Gasteiger partial charge is 0.367 e. The Hall–Kier alpha value is -1.48. The maximum atomic E-state index is 2.53. The van der Waals surface area contributed by atoms with Crippen molar-refractivity contribution in [2.75, 3.05) is 38.1 Å². The topological polar surface area (TPSA) is 11.4 Å². The third-order valence-electron chi connectivity index (χ3n) is 4.50. The van der Waals surface area contributed by atoms with E-state index in [2.05, 4.69) is 66.7 Å². The van der Waals surface area contributed by atoms with Gasteiger partial charge in [-0.15, -0.1) is 0 Å². The Bertz CT molecular complexity index is 604. The minimum atomic E-state index is 0.585. The highest BCUT2D eigenvalue weighted by Crippen LogP contribution is 2.31. The fraction of sp³-hybridized carbons (Fsp3) is 0.529. The number of anilines is 1.